The molecule has 0 radical (unpaired) electrons. The van der Waals surface area contributed by atoms with Crippen LogP contribution < -0.4 is 0 Å². The first-order valence-electron chi connectivity index (χ1n) is 7.00. The number of nitrogens with zero attached hydrogens (tertiary/aromatic N) is 3. The van der Waals surface area contributed by atoms with E-state index in [1.54, 1.807) is 6.20 Å². The highest BCUT2D eigenvalue weighted by Gasteiger charge is 2.43. The van der Waals surface area contributed by atoms with E-state index in [0.717, 1.165) is 36.3 Å². The minimum Gasteiger partial charge on any atom is -0.373 e. The van der Waals surface area contributed by atoms with E-state index in [1.807, 2.05) is 6.07 Å². The van der Waals surface area contributed by atoms with Gasteiger partial charge in [0.1, 0.15) is 11.3 Å². The largest absolute Gasteiger partial charge is 0.373 e. The molecule has 2 aliphatic rings. The van der Waals surface area contributed by atoms with Gasteiger partial charge in [-0.3, -0.25) is 0 Å². The molecule has 4 heterocycles. The standard InChI is InChI=1S/C14H15Cl2N3O/c15-4-3-13-18-10-5-8(16)7-17-14(10)19(13)11-6-9-1-2-12(11)20-9/h5,7,9,11-12H,1-4,6H2. The summed E-state index contributed by atoms with van der Waals surface area (Å²) in [6, 6.07) is 2.21. The Hall–Kier alpha value is -0.840. The maximum absolute atomic E-state index is 6.02. The van der Waals surface area contributed by atoms with Crippen molar-refractivity contribution in [2.24, 2.45) is 0 Å². The van der Waals surface area contributed by atoms with Crippen LogP contribution >= 0.6 is 23.2 Å². The van der Waals surface area contributed by atoms with Crippen LogP contribution in [0.25, 0.3) is 11.2 Å². The summed E-state index contributed by atoms with van der Waals surface area (Å²) in [7, 11) is 0. The van der Waals surface area contributed by atoms with Crippen LogP contribution in [0.15, 0.2) is 12.3 Å². The Labute approximate surface area is 127 Å². The van der Waals surface area contributed by atoms with Gasteiger partial charge in [0.25, 0.3) is 0 Å². The first-order chi connectivity index (χ1) is 9.76. The van der Waals surface area contributed by atoms with Gasteiger partial charge in [-0.2, -0.15) is 0 Å². The minimum absolute atomic E-state index is 0.295. The lowest BCUT2D eigenvalue weighted by atomic mass is 9.95. The van der Waals surface area contributed by atoms with Gasteiger partial charge < -0.3 is 9.30 Å². The van der Waals surface area contributed by atoms with E-state index in [4.69, 9.17) is 27.9 Å². The lowest BCUT2D eigenvalue weighted by Gasteiger charge is -2.22. The Balaban J connectivity index is 1.85. The molecule has 0 spiro atoms. The topological polar surface area (TPSA) is 39.9 Å². The second-order valence-electron chi connectivity index (χ2n) is 5.51. The van der Waals surface area contributed by atoms with Crippen molar-refractivity contribution in [1.29, 1.82) is 0 Å². The molecule has 0 N–H and O–H groups in total. The van der Waals surface area contributed by atoms with E-state index in [2.05, 4.69) is 14.5 Å². The third kappa shape index (κ3) is 1.93. The fraction of sp³-hybridized carbons (Fsp3) is 0.571. The van der Waals surface area contributed by atoms with Gasteiger partial charge in [-0.05, 0) is 25.3 Å². The summed E-state index contributed by atoms with van der Waals surface area (Å²) in [6.45, 7) is 0. The lowest BCUT2D eigenvalue weighted by molar-refractivity contribution is 0.0939. The monoisotopic (exact) mass is 311 g/mol. The summed E-state index contributed by atoms with van der Waals surface area (Å²) >= 11 is 11.9. The number of aromatic nitrogens is 3. The number of imidazole rings is 1. The Morgan fingerprint density at radius 1 is 1.40 bits per heavy atom. The minimum atomic E-state index is 0.295. The SMILES string of the molecule is ClCCc1nc2cc(Cl)cnc2n1C1CC2CCC1O2. The van der Waals surface area contributed by atoms with Crippen molar-refractivity contribution in [2.75, 3.05) is 5.88 Å². The van der Waals surface area contributed by atoms with Gasteiger partial charge in [-0.25, -0.2) is 9.97 Å². The second-order valence-corrected chi connectivity index (χ2v) is 6.32. The van der Waals surface area contributed by atoms with E-state index < -0.39 is 0 Å². The third-order valence-corrected chi connectivity index (χ3v) is 4.69. The molecule has 4 nitrogen and oxygen atoms in total. The molecule has 20 heavy (non-hydrogen) atoms. The molecule has 3 atom stereocenters. The Morgan fingerprint density at radius 2 is 2.30 bits per heavy atom. The average Bonchev–Trinajstić information content (AvgIpc) is 3.11. The number of halogens is 2. The lowest BCUT2D eigenvalue weighted by Crippen LogP contribution is -2.23. The Morgan fingerprint density at radius 3 is 3.00 bits per heavy atom. The van der Waals surface area contributed by atoms with E-state index >= 15 is 0 Å². The summed E-state index contributed by atoms with van der Waals surface area (Å²) in [5.41, 5.74) is 1.75. The molecule has 2 aromatic heterocycles. The maximum atomic E-state index is 6.02. The smallest absolute Gasteiger partial charge is 0.160 e. The summed E-state index contributed by atoms with van der Waals surface area (Å²) < 4.78 is 8.21. The number of rotatable bonds is 3. The van der Waals surface area contributed by atoms with E-state index in [0.29, 0.717) is 29.2 Å². The molecular weight excluding hydrogens is 297 g/mol. The van der Waals surface area contributed by atoms with Gasteiger partial charge in [0.15, 0.2) is 5.65 Å². The average molecular weight is 312 g/mol. The van der Waals surface area contributed by atoms with Crippen molar-refractivity contribution in [3.63, 3.8) is 0 Å². The fourth-order valence-corrected chi connectivity index (χ4v) is 3.82. The molecule has 6 heteroatoms. The molecule has 0 saturated carbocycles. The van der Waals surface area contributed by atoms with E-state index in [1.165, 1.54) is 6.42 Å². The Bertz CT molecular complexity index is 657. The van der Waals surface area contributed by atoms with Gasteiger partial charge in [-0.15, -0.1) is 11.6 Å². The van der Waals surface area contributed by atoms with E-state index in [9.17, 15) is 0 Å². The highest BCUT2D eigenvalue weighted by Crippen LogP contribution is 2.43. The molecule has 106 valence electrons. The fourth-order valence-electron chi connectivity index (χ4n) is 3.50. The quantitative estimate of drug-likeness (QED) is 0.816. The zero-order valence-electron chi connectivity index (χ0n) is 10.9. The van der Waals surface area contributed by atoms with Crippen LogP contribution in [0.4, 0.5) is 0 Å². The zero-order valence-corrected chi connectivity index (χ0v) is 12.4. The zero-order chi connectivity index (χ0) is 13.7. The molecule has 0 aromatic carbocycles. The number of pyridine rings is 1. The van der Waals surface area contributed by atoms with Crippen LogP contribution in [0, 0.1) is 0 Å². The van der Waals surface area contributed by atoms with Crippen LogP contribution in [0.3, 0.4) is 0 Å². The number of hydrogen-bond acceptors (Lipinski definition) is 3. The second kappa shape index (κ2) is 4.86. The Kier molecular flexibility index (Phi) is 3.13. The molecule has 2 bridgehead atoms. The summed E-state index contributed by atoms with van der Waals surface area (Å²) in [4.78, 5) is 9.15. The van der Waals surface area contributed by atoms with Crippen molar-refractivity contribution in [1.82, 2.24) is 14.5 Å². The summed E-state index contributed by atoms with van der Waals surface area (Å²) in [5.74, 6) is 1.55. The number of alkyl halides is 1. The molecule has 0 amide bonds. The normalized spacial score (nSPS) is 28.6. The van der Waals surface area contributed by atoms with E-state index in [-0.39, 0.29) is 0 Å². The van der Waals surface area contributed by atoms with Crippen molar-refractivity contribution in [3.8, 4) is 0 Å². The van der Waals surface area contributed by atoms with Crippen molar-refractivity contribution in [3.05, 3.63) is 23.1 Å². The molecule has 2 fully saturated rings. The van der Waals surface area contributed by atoms with Gasteiger partial charge in [-0.1, -0.05) is 11.6 Å². The van der Waals surface area contributed by atoms with Crippen LogP contribution in [0.2, 0.25) is 5.02 Å². The van der Waals surface area contributed by atoms with Gasteiger partial charge >= 0.3 is 0 Å². The maximum Gasteiger partial charge on any atom is 0.160 e. The molecule has 0 aliphatic carbocycles. The van der Waals surface area contributed by atoms with Gasteiger partial charge in [0.2, 0.25) is 0 Å². The number of ether oxygens (including phenoxy) is 1. The van der Waals surface area contributed by atoms with Crippen molar-refractivity contribution < 1.29 is 4.74 Å². The number of hydrogen-bond donors (Lipinski definition) is 0. The molecule has 4 rings (SSSR count). The van der Waals surface area contributed by atoms with Gasteiger partial charge in [0, 0.05) is 18.5 Å². The van der Waals surface area contributed by atoms with Crippen LogP contribution in [-0.2, 0) is 11.2 Å². The van der Waals surface area contributed by atoms with Gasteiger partial charge in [0.05, 0.1) is 23.3 Å². The first kappa shape index (κ1) is 12.9. The molecule has 3 unspecified atom stereocenters. The van der Waals surface area contributed by atoms with Crippen molar-refractivity contribution in [2.45, 2.75) is 43.9 Å². The molecule has 2 aliphatic heterocycles. The third-order valence-electron chi connectivity index (χ3n) is 4.29. The highest BCUT2D eigenvalue weighted by molar-refractivity contribution is 6.31. The number of fused-ring (bicyclic) bond motifs is 3. The molecule has 2 aromatic rings. The van der Waals surface area contributed by atoms with Crippen LogP contribution in [0.5, 0.6) is 0 Å². The predicted molar refractivity (Wildman–Crippen MR) is 78.5 cm³/mol. The summed E-state index contributed by atoms with van der Waals surface area (Å²) in [5, 5.41) is 0.615. The highest BCUT2D eigenvalue weighted by atomic mass is 35.5. The first-order valence-corrected chi connectivity index (χ1v) is 7.91. The summed E-state index contributed by atoms with van der Waals surface area (Å²) in [6.07, 6.45) is 6.48. The predicted octanol–water partition coefficient (Wildman–Crippen LogP) is 3.36. The van der Waals surface area contributed by atoms with Crippen LogP contribution in [-0.4, -0.2) is 32.6 Å². The molecule has 2 saturated heterocycles. The molecular formula is C14H15Cl2N3O. The van der Waals surface area contributed by atoms with Crippen molar-refractivity contribution >= 4 is 34.4 Å². The number of aryl methyl sites for hydroxylation is 1. The van der Waals surface area contributed by atoms with Crippen LogP contribution in [0.1, 0.15) is 31.1 Å².